The van der Waals surface area contributed by atoms with Gasteiger partial charge in [-0.25, -0.2) is 4.98 Å². The highest BCUT2D eigenvalue weighted by Crippen LogP contribution is 2.39. The molecular formula is C18H17ClN2O3. The maximum absolute atomic E-state index is 13.0. The molecule has 0 radical (unpaired) electrons. The van der Waals surface area contributed by atoms with Crippen molar-refractivity contribution in [2.45, 2.75) is 25.3 Å². The molecule has 124 valence electrons. The third-order valence-corrected chi connectivity index (χ3v) is 4.49. The van der Waals surface area contributed by atoms with Crippen molar-refractivity contribution in [3.8, 4) is 0 Å². The van der Waals surface area contributed by atoms with Gasteiger partial charge in [0.2, 0.25) is 0 Å². The predicted octanol–water partition coefficient (Wildman–Crippen LogP) is 3.43. The molecule has 1 aromatic heterocycles. The van der Waals surface area contributed by atoms with Gasteiger partial charge in [0.15, 0.2) is 0 Å². The first-order valence-electron chi connectivity index (χ1n) is 7.64. The highest BCUT2D eigenvalue weighted by molar-refractivity contribution is 6.29. The van der Waals surface area contributed by atoms with Crippen LogP contribution in [0.2, 0.25) is 5.15 Å². The summed E-state index contributed by atoms with van der Waals surface area (Å²) in [5, 5.41) is 0.337. The summed E-state index contributed by atoms with van der Waals surface area (Å²) in [5.41, 5.74) is 1.99. The minimum atomic E-state index is -0.367. The van der Waals surface area contributed by atoms with E-state index in [4.69, 9.17) is 16.3 Å². The van der Waals surface area contributed by atoms with Crippen LogP contribution in [0.3, 0.4) is 0 Å². The fourth-order valence-corrected chi connectivity index (χ4v) is 3.24. The standard InChI is InChI=1S/C18H17ClN2O3/c1-11-9-14(18(23)24-2)13-5-3-4-6-15(13)21(11)17(22)12-7-8-16(19)20-10-12/h3-8,10-11,14H,9H2,1-2H3/t11-,14+/m1/s1. The van der Waals surface area contributed by atoms with E-state index in [2.05, 4.69) is 4.98 Å². The van der Waals surface area contributed by atoms with Crippen LogP contribution in [0.1, 0.15) is 35.2 Å². The van der Waals surface area contributed by atoms with Gasteiger partial charge in [0.1, 0.15) is 5.15 Å². The van der Waals surface area contributed by atoms with E-state index in [-0.39, 0.29) is 23.8 Å². The van der Waals surface area contributed by atoms with E-state index in [1.54, 1.807) is 17.0 Å². The average molecular weight is 345 g/mol. The Labute approximate surface area is 145 Å². The molecule has 24 heavy (non-hydrogen) atoms. The summed E-state index contributed by atoms with van der Waals surface area (Å²) in [6.07, 6.45) is 1.98. The molecule has 6 heteroatoms. The quantitative estimate of drug-likeness (QED) is 0.618. The molecule has 3 rings (SSSR count). The number of amides is 1. The zero-order valence-corrected chi connectivity index (χ0v) is 14.2. The van der Waals surface area contributed by atoms with Crippen LogP contribution in [0.5, 0.6) is 0 Å². The molecule has 0 saturated carbocycles. The summed E-state index contributed by atoms with van der Waals surface area (Å²) in [6.45, 7) is 1.92. The number of para-hydroxylation sites is 1. The Morgan fingerprint density at radius 3 is 2.67 bits per heavy atom. The highest BCUT2D eigenvalue weighted by Gasteiger charge is 2.37. The minimum Gasteiger partial charge on any atom is -0.469 e. The lowest BCUT2D eigenvalue weighted by molar-refractivity contribution is -0.142. The van der Waals surface area contributed by atoms with E-state index in [1.807, 2.05) is 31.2 Å². The van der Waals surface area contributed by atoms with E-state index < -0.39 is 0 Å². The number of methoxy groups -OCH3 is 1. The molecular weight excluding hydrogens is 328 g/mol. The first-order chi connectivity index (χ1) is 11.5. The van der Waals surface area contributed by atoms with E-state index in [1.165, 1.54) is 13.3 Å². The van der Waals surface area contributed by atoms with Crippen molar-refractivity contribution >= 4 is 29.2 Å². The van der Waals surface area contributed by atoms with E-state index in [0.717, 1.165) is 11.3 Å². The number of aromatic nitrogens is 1. The number of anilines is 1. The summed E-state index contributed by atoms with van der Waals surface area (Å²) in [5.74, 6) is -0.814. The van der Waals surface area contributed by atoms with Crippen molar-refractivity contribution in [2.75, 3.05) is 12.0 Å². The molecule has 1 amide bonds. The first kappa shape index (κ1) is 16.5. The molecule has 0 unspecified atom stereocenters. The molecule has 1 aliphatic rings. The molecule has 2 heterocycles. The summed E-state index contributed by atoms with van der Waals surface area (Å²) >= 11 is 5.79. The number of carbonyl (C=O) groups excluding carboxylic acids is 2. The SMILES string of the molecule is COC(=O)[C@H]1C[C@@H](C)N(C(=O)c2ccc(Cl)nc2)c2ccccc21. The maximum atomic E-state index is 13.0. The molecule has 1 aliphatic heterocycles. The number of ether oxygens (including phenoxy) is 1. The summed E-state index contributed by atoms with van der Waals surface area (Å²) in [4.78, 5) is 30.8. The van der Waals surface area contributed by atoms with Crippen LogP contribution < -0.4 is 4.90 Å². The zero-order chi connectivity index (χ0) is 17.3. The van der Waals surface area contributed by atoms with Crippen LogP contribution >= 0.6 is 11.6 Å². The number of benzene rings is 1. The molecule has 0 saturated heterocycles. The lowest BCUT2D eigenvalue weighted by atomic mass is 9.85. The van der Waals surface area contributed by atoms with Gasteiger partial charge in [-0.05, 0) is 37.1 Å². The lowest BCUT2D eigenvalue weighted by Crippen LogP contribution is -2.44. The van der Waals surface area contributed by atoms with E-state index in [0.29, 0.717) is 17.1 Å². The van der Waals surface area contributed by atoms with Crippen LogP contribution in [0.4, 0.5) is 5.69 Å². The Hall–Kier alpha value is -2.40. The van der Waals surface area contributed by atoms with Gasteiger partial charge in [0.25, 0.3) is 5.91 Å². The Balaban J connectivity index is 2.03. The van der Waals surface area contributed by atoms with Crippen molar-refractivity contribution in [3.05, 3.63) is 58.9 Å². The largest absolute Gasteiger partial charge is 0.469 e. The van der Waals surface area contributed by atoms with Gasteiger partial charge in [-0.2, -0.15) is 0 Å². The molecule has 1 aromatic carbocycles. The van der Waals surface area contributed by atoms with Crippen molar-refractivity contribution in [1.29, 1.82) is 0 Å². The molecule has 5 nitrogen and oxygen atoms in total. The van der Waals surface area contributed by atoms with Crippen LogP contribution in [0.15, 0.2) is 42.6 Å². The van der Waals surface area contributed by atoms with Crippen LogP contribution in [-0.4, -0.2) is 30.0 Å². The number of hydrogen-bond donors (Lipinski definition) is 0. The number of pyridine rings is 1. The number of esters is 1. The molecule has 0 spiro atoms. The van der Waals surface area contributed by atoms with Crippen molar-refractivity contribution in [1.82, 2.24) is 4.98 Å². The Kier molecular flexibility index (Phi) is 4.53. The first-order valence-corrected chi connectivity index (χ1v) is 8.02. The number of hydrogen-bond acceptors (Lipinski definition) is 4. The van der Waals surface area contributed by atoms with Gasteiger partial charge < -0.3 is 9.64 Å². The second-order valence-electron chi connectivity index (χ2n) is 5.76. The summed E-state index contributed by atoms with van der Waals surface area (Å²) in [6, 6.07) is 10.5. The lowest BCUT2D eigenvalue weighted by Gasteiger charge is -2.38. The van der Waals surface area contributed by atoms with Crippen LogP contribution in [0.25, 0.3) is 0 Å². The minimum absolute atomic E-state index is 0.146. The number of carbonyl (C=O) groups is 2. The molecule has 0 N–H and O–H groups in total. The zero-order valence-electron chi connectivity index (χ0n) is 13.4. The molecule has 0 bridgehead atoms. The third kappa shape index (κ3) is 2.87. The van der Waals surface area contributed by atoms with Gasteiger partial charge in [-0.15, -0.1) is 0 Å². The number of halogens is 1. The van der Waals surface area contributed by atoms with Crippen molar-refractivity contribution in [3.63, 3.8) is 0 Å². The third-order valence-electron chi connectivity index (χ3n) is 4.27. The Morgan fingerprint density at radius 1 is 1.25 bits per heavy atom. The van der Waals surface area contributed by atoms with Crippen molar-refractivity contribution in [2.24, 2.45) is 0 Å². The van der Waals surface area contributed by atoms with E-state index >= 15 is 0 Å². The Morgan fingerprint density at radius 2 is 2.00 bits per heavy atom. The summed E-state index contributed by atoms with van der Waals surface area (Å²) in [7, 11) is 1.38. The highest BCUT2D eigenvalue weighted by atomic mass is 35.5. The smallest absolute Gasteiger partial charge is 0.313 e. The molecule has 2 atom stereocenters. The predicted molar refractivity (Wildman–Crippen MR) is 91.3 cm³/mol. The summed E-state index contributed by atoms with van der Waals surface area (Å²) < 4.78 is 4.92. The average Bonchev–Trinajstić information content (AvgIpc) is 2.60. The van der Waals surface area contributed by atoms with Gasteiger partial charge >= 0.3 is 5.97 Å². The number of nitrogens with zero attached hydrogens (tertiary/aromatic N) is 2. The fraction of sp³-hybridized carbons (Fsp3) is 0.278. The van der Waals surface area contributed by atoms with Crippen molar-refractivity contribution < 1.29 is 14.3 Å². The monoisotopic (exact) mass is 344 g/mol. The molecule has 0 aliphatic carbocycles. The fourth-order valence-electron chi connectivity index (χ4n) is 3.13. The van der Waals surface area contributed by atoms with Crippen LogP contribution in [-0.2, 0) is 9.53 Å². The molecule has 0 fully saturated rings. The molecule has 2 aromatic rings. The topological polar surface area (TPSA) is 59.5 Å². The van der Waals surface area contributed by atoms with Crippen LogP contribution in [0, 0.1) is 0 Å². The second-order valence-corrected chi connectivity index (χ2v) is 6.15. The van der Waals surface area contributed by atoms with Gasteiger partial charge in [0.05, 0.1) is 18.6 Å². The second kappa shape index (κ2) is 6.61. The number of fused-ring (bicyclic) bond motifs is 1. The van der Waals surface area contributed by atoms with Gasteiger partial charge in [-0.1, -0.05) is 29.8 Å². The van der Waals surface area contributed by atoms with E-state index in [9.17, 15) is 9.59 Å². The Bertz CT molecular complexity index is 776. The normalized spacial score (nSPS) is 19.5. The number of rotatable bonds is 2. The van der Waals surface area contributed by atoms with Gasteiger partial charge in [-0.3, -0.25) is 9.59 Å². The van der Waals surface area contributed by atoms with Gasteiger partial charge in [0, 0.05) is 17.9 Å². The maximum Gasteiger partial charge on any atom is 0.313 e.